The zero-order valence-corrected chi connectivity index (χ0v) is 11.9. The fourth-order valence-corrected chi connectivity index (χ4v) is 2.06. The van der Waals surface area contributed by atoms with Gasteiger partial charge in [-0.3, -0.25) is 4.79 Å². The van der Waals surface area contributed by atoms with Crippen molar-refractivity contribution in [2.75, 3.05) is 0 Å². The molecule has 0 saturated carbocycles. The van der Waals surface area contributed by atoms with Gasteiger partial charge in [-0.2, -0.15) is 0 Å². The molecule has 2 N–H and O–H groups in total. The lowest BCUT2D eigenvalue weighted by Crippen LogP contribution is -2.23. The summed E-state index contributed by atoms with van der Waals surface area (Å²) in [5.41, 5.74) is 2.56. The smallest absolute Gasteiger partial charge is 0.253 e. The molecule has 0 aliphatic rings. The van der Waals surface area contributed by atoms with E-state index in [1.54, 1.807) is 0 Å². The molecule has 0 aliphatic carbocycles. The van der Waals surface area contributed by atoms with Crippen LogP contribution in [0.2, 0.25) is 5.02 Å². The second-order valence-electron chi connectivity index (χ2n) is 4.52. The van der Waals surface area contributed by atoms with Gasteiger partial charge in [0, 0.05) is 6.54 Å². The van der Waals surface area contributed by atoms with Crippen molar-refractivity contribution in [2.24, 2.45) is 0 Å². The lowest BCUT2D eigenvalue weighted by molar-refractivity contribution is 0.0950. The molecular formula is C16H16ClNO2. The van der Waals surface area contributed by atoms with Crippen LogP contribution in [0.4, 0.5) is 0 Å². The summed E-state index contributed by atoms with van der Waals surface area (Å²) >= 11 is 5.94. The number of hydrogen-bond acceptors (Lipinski definition) is 2. The van der Waals surface area contributed by atoms with Crippen LogP contribution in [-0.4, -0.2) is 11.0 Å². The SMILES string of the molecule is CCc1ccc(CNC(=O)c2cc(O)ccc2Cl)cc1. The van der Waals surface area contributed by atoms with E-state index >= 15 is 0 Å². The van der Waals surface area contributed by atoms with Crippen LogP contribution in [0.1, 0.15) is 28.4 Å². The van der Waals surface area contributed by atoms with E-state index in [2.05, 4.69) is 12.2 Å². The number of aryl methyl sites for hydroxylation is 1. The van der Waals surface area contributed by atoms with Gasteiger partial charge in [-0.1, -0.05) is 42.8 Å². The third-order valence-corrected chi connectivity index (χ3v) is 3.41. The van der Waals surface area contributed by atoms with Gasteiger partial charge in [0.1, 0.15) is 5.75 Å². The lowest BCUT2D eigenvalue weighted by Gasteiger charge is -2.08. The molecule has 2 rings (SSSR count). The van der Waals surface area contributed by atoms with Crippen LogP contribution in [0.5, 0.6) is 5.75 Å². The van der Waals surface area contributed by atoms with Gasteiger partial charge in [0.05, 0.1) is 10.6 Å². The van der Waals surface area contributed by atoms with E-state index in [4.69, 9.17) is 11.6 Å². The van der Waals surface area contributed by atoms with E-state index in [0.717, 1.165) is 12.0 Å². The molecule has 0 atom stereocenters. The summed E-state index contributed by atoms with van der Waals surface area (Å²) in [5, 5.41) is 12.5. The van der Waals surface area contributed by atoms with Crippen molar-refractivity contribution in [3.8, 4) is 5.75 Å². The number of amides is 1. The fraction of sp³-hybridized carbons (Fsp3) is 0.188. The van der Waals surface area contributed by atoms with E-state index < -0.39 is 0 Å². The Morgan fingerprint density at radius 1 is 1.15 bits per heavy atom. The number of nitrogens with one attached hydrogen (secondary N) is 1. The van der Waals surface area contributed by atoms with Gasteiger partial charge in [-0.05, 0) is 35.7 Å². The first-order valence-corrected chi connectivity index (χ1v) is 6.82. The Kier molecular flexibility index (Phi) is 4.64. The number of halogens is 1. The maximum atomic E-state index is 12.0. The van der Waals surface area contributed by atoms with Crippen molar-refractivity contribution in [2.45, 2.75) is 19.9 Å². The Morgan fingerprint density at radius 2 is 1.80 bits per heavy atom. The van der Waals surface area contributed by atoms with Crippen LogP contribution >= 0.6 is 11.6 Å². The molecule has 0 aliphatic heterocycles. The van der Waals surface area contributed by atoms with Crippen molar-refractivity contribution in [1.29, 1.82) is 0 Å². The molecule has 104 valence electrons. The highest BCUT2D eigenvalue weighted by atomic mass is 35.5. The van der Waals surface area contributed by atoms with Crippen LogP contribution < -0.4 is 5.32 Å². The number of carbonyl (C=O) groups excluding carboxylic acids is 1. The van der Waals surface area contributed by atoms with Crippen molar-refractivity contribution in [3.63, 3.8) is 0 Å². The number of benzene rings is 2. The van der Waals surface area contributed by atoms with Gasteiger partial charge >= 0.3 is 0 Å². The molecule has 3 nitrogen and oxygen atoms in total. The third kappa shape index (κ3) is 3.52. The molecule has 0 aromatic heterocycles. The van der Waals surface area contributed by atoms with E-state index in [1.165, 1.54) is 23.8 Å². The van der Waals surface area contributed by atoms with E-state index in [9.17, 15) is 9.90 Å². The number of rotatable bonds is 4. The van der Waals surface area contributed by atoms with E-state index in [0.29, 0.717) is 11.6 Å². The summed E-state index contributed by atoms with van der Waals surface area (Å²) in [6, 6.07) is 12.4. The molecule has 0 radical (unpaired) electrons. The minimum Gasteiger partial charge on any atom is -0.508 e. The maximum Gasteiger partial charge on any atom is 0.253 e. The van der Waals surface area contributed by atoms with Crippen LogP contribution in [0.3, 0.4) is 0 Å². The molecule has 0 saturated heterocycles. The monoisotopic (exact) mass is 289 g/mol. The molecule has 0 unspecified atom stereocenters. The fourth-order valence-electron chi connectivity index (χ4n) is 1.86. The Labute approximate surface area is 123 Å². The highest BCUT2D eigenvalue weighted by Crippen LogP contribution is 2.21. The summed E-state index contributed by atoms with van der Waals surface area (Å²) in [6.45, 7) is 2.52. The molecule has 0 heterocycles. The quantitative estimate of drug-likeness (QED) is 0.904. The first kappa shape index (κ1) is 14.4. The first-order valence-electron chi connectivity index (χ1n) is 6.44. The molecule has 20 heavy (non-hydrogen) atoms. The predicted octanol–water partition coefficient (Wildman–Crippen LogP) is 3.54. The average molecular weight is 290 g/mol. The van der Waals surface area contributed by atoms with Crippen molar-refractivity contribution < 1.29 is 9.90 Å². The summed E-state index contributed by atoms with van der Waals surface area (Å²) < 4.78 is 0. The summed E-state index contributed by atoms with van der Waals surface area (Å²) in [5.74, 6) is -0.280. The topological polar surface area (TPSA) is 49.3 Å². The maximum absolute atomic E-state index is 12.0. The minimum absolute atomic E-state index is 0.0202. The second kappa shape index (κ2) is 6.44. The van der Waals surface area contributed by atoms with Gasteiger partial charge in [-0.15, -0.1) is 0 Å². The molecule has 1 amide bonds. The van der Waals surface area contributed by atoms with Crippen LogP contribution in [0.15, 0.2) is 42.5 Å². The molecule has 4 heteroatoms. The molecular weight excluding hydrogens is 274 g/mol. The molecule has 2 aromatic carbocycles. The number of phenols is 1. The number of carbonyl (C=O) groups is 1. The first-order chi connectivity index (χ1) is 9.60. The number of phenolic OH excluding ortho intramolecular Hbond substituents is 1. The summed E-state index contributed by atoms with van der Waals surface area (Å²) in [7, 11) is 0. The lowest BCUT2D eigenvalue weighted by atomic mass is 10.1. The standard InChI is InChI=1S/C16H16ClNO2/c1-2-11-3-5-12(6-4-11)10-18-16(20)14-9-13(19)7-8-15(14)17/h3-9,19H,2,10H2,1H3,(H,18,20). The number of aromatic hydroxyl groups is 1. The minimum atomic E-state index is -0.300. The Morgan fingerprint density at radius 3 is 2.45 bits per heavy atom. The van der Waals surface area contributed by atoms with Crippen LogP contribution in [0.25, 0.3) is 0 Å². The zero-order chi connectivity index (χ0) is 14.5. The Bertz CT molecular complexity index is 608. The van der Waals surface area contributed by atoms with E-state index in [1.807, 2.05) is 24.3 Å². The largest absolute Gasteiger partial charge is 0.508 e. The van der Waals surface area contributed by atoms with Gasteiger partial charge in [0.25, 0.3) is 5.91 Å². The van der Waals surface area contributed by atoms with Gasteiger partial charge in [-0.25, -0.2) is 0 Å². The van der Waals surface area contributed by atoms with Gasteiger partial charge < -0.3 is 10.4 Å². The van der Waals surface area contributed by atoms with Crippen LogP contribution in [0, 0.1) is 0 Å². The zero-order valence-electron chi connectivity index (χ0n) is 11.2. The van der Waals surface area contributed by atoms with E-state index in [-0.39, 0.29) is 17.2 Å². The summed E-state index contributed by atoms with van der Waals surface area (Å²) in [4.78, 5) is 12.0. The van der Waals surface area contributed by atoms with Gasteiger partial charge in [0.15, 0.2) is 0 Å². The Balaban J connectivity index is 2.02. The predicted molar refractivity (Wildman–Crippen MR) is 80.1 cm³/mol. The van der Waals surface area contributed by atoms with Crippen molar-refractivity contribution >= 4 is 17.5 Å². The van der Waals surface area contributed by atoms with Gasteiger partial charge in [0.2, 0.25) is 0 Å². The number of hydrogen-bond donors (Lipinski definition) is 2. The summed E-state index contributed by atoms with van der Waals surface area (Å²) in [6.07, 6.45) is 0.992. The molecule has 2 aromatic rings. The average Bonchev–Trinajstić information content (AvgIpc) is 2.47. The second-order valence-corrected chi connectivity index (χ2v) is 4.92. The third-order valence-electron chi connectivity index (χ3n) is 3.08. The van der Waals surface area contributed by atoms with Crippen molar-refractivity contribution in [1.82, 2.24) is 5.32 Å². The van der Waals surface area contributed by atoms with Crippen molar-refractivity contribution in [3.05, 3.63) is 64.2 Å². The molecule has 0 fully saturated rings. The molecule has 0 spiro atoms. The highest BCUT2D eigenvalue weighted by molar-refractivity contribution is 6.33. The Hall–Kier alpha value is -2.00. The van der Waals surface area contributed by atoms with Crippen LogP contribution in [-0.2, 0) is 13.0 Å². The molecule has 0 bridgehead atoms. The highest BCUT2D eigenvalue weighted by Gasteiger charge is 2.10. The normalized spacial score (nSPS) is 10.3.